The average molecular weight is 313 g/mol. The molecule has 1 heterocycles. The fourth-order valence-corrected chi connectivity index (χ4v) is 3.13. The van der Waals surface area contributed by atoms with E-state index in [0.717, 1.165) is 43.9 Å². The van der Waals surface area contributed by atoms with E-state index < -0.39 is 0 Å². The number of anilines is 3. The highest BCUT2D eigenvalue weighted by Crippen LogP contribution is 2.27. The topological polar surface area (TPSA) is 41.3 Å². The lowest BCUT2D eigenvalue weighted by molar-refractivity contribution is 0.628. The summed E-state index contributed by atoms with van der Waals surface area (Å²) in [6, 6.07) is 13.0. The van der Waals surface area contributed by atoms with E-state index in [0.29, 0.717) is 0 Å². The molecule has 0 amide bonds. The van der Waals surface area contributed by atoms with Crippen LogP contribution in [0, 0.1) is 5.82 Å². The first-order chi connectivity index (χ1) is 11.2. The van der Waals surface area contributed by atoms with Gasteiger partial charge in [-0.3, -0.25) is 0 Å². The smallest absolute Gasteiger partial charge is 0.125 e. The van der Waals surface area contributed by atoms with Crippen molar-refractivity contribution in [2.75, 3.05) is 35.6 Å². The van der Waals surface area contributed by atoms with E-state index in [-0.39, 0.29) is 5.82 Å². The van der Waals surface area contributed by atoms with E-state index in [2.05, 4.69) is 28.4 Å². The Labute approximate surface area is 137 Å². The Bertz CT molecular complexity index is 651. The van der Waals surface area contributed by atoms with Crippen molar-refractivity contribution in [2.45, 2.75) is 25.7 Å². The van der Waals surface area contributed by atoms with Gasteiger partial charge in [0.2, 0.25) is 0 Å². The molecule has 0 aliphatic carbocycles. The molecule has 0 bridgehead atoms. The Morgan fingerprint density at radius 3 is 2.65 bits per heavy atom. The lowest BCUT2D eigenvalue weighted by atomic mass is 10.1. The zero-order valence-electron chi connectivity index (χ0n) is 13.4. The first-order valence-electron chi connectivity index (χ1n) is 8.35. The van der Waals surface area contributed by atoms with Gasteiger partial charge in [0.15, 0.2) is 0 Å². The molecular formula is C19H24FN3. The van der Waals surface area contributed by atoms with E-state index in [1.165, 1.54) is 36.2 Å². The van der Waals surface area contributed by atoms with Gasteiger partial charge in [-0.25, -0.2) is 4.39 Å². The Hall–Kier alpha value is -2.23. The maximum atomic E-state index is 13.1. The summed E-state index contributed by atoms with van der Waals surface area (Å²) in [6.45, 7) is 3.04. The van der Waals surface area contributed by atoms with Crippen LogP contribution in [0.5, 0.6) is 0 Å². The Morgan fingerprint density at radius 1 is 1.09 bits per heavy atom. The second kappa shape index (κ2) is 7.36. The molecule has 122 valence electrons. The van der Waals surface area contributed by atoms with Crippen LogP contribution in [0.25, 0.3) is 0 Å². The summed E-state index contributed by atoms with van der Waals surface area (Å²) < 4.78 is 13.1. The maximum absolute atomic E-state index is 13.1. The largest absolute Gasteiger partial charge is 0.397 e. The minimum Gasteiger partial charge on any atom is -0.397 e. The van der Waals surface area contributed by atoms with E-state index in [4.69, 9.17) is 5.73 Å². The molecule has 1 saturated heterocycles. The van der Waals surface area contributed by atoms with Crippen LogP contribution in [0.3, 0.4) is 0 Å². The number of benzene rings is 2. The molecule has 0 saturated carbocycles. The summed E-state index contributed by atoms with van der Waals surface area (Å²) in [5, 5.41) is 3.25. The number of nitrogens with zero attached hydrogens (tertiary/aromatic N) is 1. The molecule has 0 unspecified atom stereocenters. The lowest BCUT2D eigenvalue weighted by Gasteiger charge is -2.20. The second-order valence-corrected chi connectivity index (χ2v) is 6.13. The normalized spacial score (nSPS) is 14.2. The number of nitrogens with one attached hydrogen (secondary N) is 1. The van der Waals surface area contributed by atoms with Crippen molar-refractivity contribution in [3.63, 3.8) is 0 Å². The molecule has 3 N–H and O–H groups in total. The lowest BCUT2D eigenvalue weighted by Crippen LogP contribution is -2.19. The first-order valence-corrected chi connectivity index (χ1v) is 8.35. The Morgan fingerprint density at radius 2 is 1.91 bits per heavy atom. The third-order valence-electron chi connectivity index (χ3n) is 4.33. The molecule has 1 aliphatic rings. The van der Waals surface area contributed by atoms with Crippen LogP contribution in [0.15, 0.2) is 42.5 Å². The van der Waals surface area contributed by atoms with E-state index in [9.17, 15) is 4.39 Å². The van der Waals surface area contributed by atoms with Gasteiger partial charge >= 0.3 is 0 Å². The van der Waals surface area contributed by atoms with Gasteiger partial charge in [-0.1, -0.05) is 12.1 Å². The van der Waals surface area contributed by atoms with Gasteiger partial charge < -0.3 is 16.0 Å². The zero-order chi connectivity index (χ0) is 16.1. The summed E-state index contributed by atoms with van der Waals surface area (Å²) in [5.74, 6) is -0.208. The highest BCUT2D eigenvalue weighted by Gasteiger charge is 2.14. The van der Waals surface area contributed by atoms with Gasteiger partial charge in [-0.05, 0) is 61.6 Å². The molecule has 0 atom stereocenters. The van der Waals surface area contributed by atoms with Gasteiger partial charge in [0.25, 0.3) is 0 Å². The number of hydrogen-bond donors (Lipinski definition) is 2. The summed E-state index contributed by atoms with van der Waals surface area (Å²) >= 11 is 0. The van der Waals surface area contributed by atoms with Crippen LogP contribution in [0.2, 0.25) is 0 Å². The molecule has 3 nitrogen and oxygen atoms in total. The predicted octanol–water partition coefficient (Wildman–Crippen LogP) is 4.05. The number of nitrogens with two attached hydrogens (primary N) is 1. The molecule has 0 aromatic heterocycles. The van der Waals surface area contributed by atoms with Crippen LogP contribution < -0.4 is 16.0 Å². The summed E-state index contributed by atoms with van der Waals surface area (Å²) in [7, 11) is 0. The highest BCUT2D eigenvalue weighted by atomic mass is 19.1. The number of halogens is 1. The van der Waals surface area contributed by atoms with Gasteiger partial charge in [-0.2, -0.15) is 0 Å². The second-order valence-electron chi connectivity index (χ2n) is 6.13. The molecule has 2 aromatic rings. The standard InChI is InChI=1S/C19H24FN3/c20-16-6-3-7-17(14-16)22-10-4-5-15-8-9-19(18(21)13-15)23-11-1-2-12-23/h3,6-9,13-14,22H,1-2,4-5,10-12,21H2. The van der Waals surface area contributed by atoms with Crippen LogP contribution in [-0.4, -0.2) is 19.6 Å². The molecule has 3 rings (SSSR count). The third kappa shape index (κ3) is 4.15. The number of nitrogen functional groups attached to an aromatic ring is 1. The molecule has 2 aromatic carbocycles. The van der Waals surface area contributed by atoms with Crippen molar-refractivity contribution in [1.82, 2.24) is 0 Å². The van der Waals surface area contributed by atoms with Crippen molar-refractivity contribution < 1.29 is 4.39 Å². The quantitative estimate of drug-likeness (QED) is 0.624. The number of rotatable bonds is 6. The molecule has 23 heavy (non-hydrogen) atoms. The fraction of sp³-hybridized carbons (Fsp3) is 0.368. The van der Waals surface area contributed by atoms with Crippen LogP contribution >= 0.6 is 0 Å². The van der Waals surface area contributed by atoms with Crippen molar-refractivity contribution in [3.05, 3.63) is 53.8 Å². The molecule has 0 spiro atoms. The SMILES string of the molecule is Nc1cc(CCCNc2cccc(F)c2)ccc1N1CCCC1. The monoisotopic (exact) mass is 313 g/mol. The number of hydrogen-bond acceptors (Lipinski definition) is 3. The molecule has 1 fully saturated rings. The van der Waals surface area contributed by atoms with Crippen LogP contribution in [0.4, 0.5) is 21.5 Å². The van der Waals surface area contributed by atoms with Gasteiger partial charge in [0, 0.05) is 25.3 Å². The van der Waals surface area contributed by atoms with E-state index >= 15 is 0 Å². The minimum absolute atomic E-state index is 0.208. The van der Waals surface area contributed by atoms with Gasteiger partial charge in [0.1, 0.15) is 5.82 Å². The third-order valence-corrected chi connectivity index (χ3v) is 4.33. The Kier molecular flexibility index (Phi) is 5.01. The maximum Gasteiger partial charge on any atom is 0.125 e. The molecule has 1 aliphatic heterocycles. The fourth-order valence-electron chi connectivity index (χ4n) is 3.13. The minimum atomic E-state index is -0.208. The van der Waals surface area contributed by atoms with Crippen molar-refractivity contribution in [3.8, 4) is 0 Å². The van der Waals surface area contributed by atoms with Crippen molar-refractivity contribution in [1.29, 1.82) is 0 Å². The van der Waals surface area contributed by atoms with Crippen molar-refractivity contribution in [2.24, 2.45) is 0 Å². The van der Waals surface area contributed by atoms with Gasteiger partial charge in [0.05, 0.1) is 11.4 Å². The first kappa shape index (κ1) is 15.7. The van der Waals surface area contributed by atoms with Gasteiger partial charge in [-0.15, -0.1) is 0 Å². The number of aryl methyl sites for hydroxylation is 1. The summed E-state index contributed by atoms with van der Waals surface area (Å²) in [6.07, 6.45) is 4.46. The zero-order valence-corrected chi connectivity index (χ0v) is 13.4. The van der Waals surface area contributed by atoms with Crippen molar-refractivity contribution >= 4 is 17.1 Å². The summed E-state index contributed by atoms with van der Waals surface area (Å²) in [4.78, 5) is 2.37. The van der Waals surface area contributed by atoms with Crippen LogP contribution in [0.1, 0.15) is 24.8 Å². The predicted molar refractivity (Wildman–Crippen MR) is 95.5 cm³/mol. The highest BCUT2D eigenvalue weighted by molar-refractivity contribution is 5.68. The molecular weight excluding hydrogens is 289 g/mol. The molecule has 0 radical (unpaired) electrons. The average Bonchev–Trinajstić information content (AvgIpc) is 3.06. The van der Waals surface area contributed by atoms with E-state index in [1.54, 1.807) is 6.07 Å². The molecule has 4 heteroatoms. The van der Waals surface area contributed by atoms with Crippen LogP contribution in [-0.2, 0) is 6.42 Å². The Balaban J connectivity index is 1.49. The summed E-state index contributed by atoms with van der Waals surface area (Å²) in [5.41, 5.74) is 10.3. The van der Waals surface area contributed by atoms with E-state index in [1.807, 2.05) is 6.07 Å².